The number of carbonyl (C=O) groups excluding carboxylic acids is 1. The molecule has 146 valence electrons. The first kappa shape index (κ1) is 18.6. The van der Waals surface area contributed by atoms with Crippen molar-refractivity contribution in [2.24, 2.45) is 0 Å². The summed E-state index contributed by atoms with van der Waals surface area (Å²) < 4.78 is 5.66. The Morgan fingerprint density at radius 3 is 2.57 bits per heavy atom. The molecule has 6 nitrogen and oxygen atoms in total. The van der Waals surface area contributed by atoms with E-state index in [2.05, 4.69) is 20.2 Å². The minimum absolute atomic E-state index is 0.0596. The average molecular weight is 378 g/mol. The molecule has 1 amide bonds. The smallest absolute Gasteiger partial charge is 0.251 e. The lowest BCUT2D eigenvalue weighted by Gasteiger charge is -2.33. The van der Waals surface area contributed by atoms with Crippen LogP contribution in [0.5, 0.6) is 0 Å². The van der Waals surface area contributed by atoms with Crippen molar-refractivity contribution < 1.29 is 9.21 Å². The molecule has 0 unspecified atom stereocenters. The summed E-state index contributed by atoms with van der Waals surface area (Å²) in [6, 6.07) is 9.43. The van der Waals surface area contributed by atoms with E-state index in [9.17, 15) is 4.79 Å². The molecule has 1 aromatic carbocycles. The molecular formula is C22H26N4O2. The monoisotopic (exact) mass is 378 g/mol. The van der Waals surface area contributed by atoms with Gasteiger partial charge in [-0.15, -0.1) is 0 Å². The Morgan fingerprint density at radius 2 is 1.86 bits per heavy atom. The number of amides is 1. The third-order valence-electron chi connectivity index (χ3n) is 5.50. The Hall–Kier alpha value is -2.73. The van der Waals surface area contributed by atoms with E-state index in [0.29, 0.717) is 12.1 Å². The predicted molar refractivity (Wildman–Crippen MR) is 108 cm³/mol. The van der Waals surface area contributed by atoms with Crippen molar-refractivity contribution in [1.82, 2.24) is 20.2 Å². The van der Waals surface area contributed by atoms with Gasteiger partial charge in [-0.25, -0.2) is 9.97 Å². The Bertz CT molecular complexity index is 962. The summed E-state index contributed by atoms with van der Waals surface area (Å²) in [6.45, 7) is 6.46. The number of likely N-dealkylation sites (tertiary alicyclic amines) is 1. The maximum absolute atomic E-state index is 12.8. The van der Waals surface area contributed by atoms with Crippen molar-refractivity contribution in [3.63, 3.8) is 0 Å². The highest BCUT2D eigenvalue weighted by molar-refractivity contribution is 5.97. The summed E-state index contributed by atoms with van der Waals surface area (Å²) in [5, 5.41) is 3.09. The first-order valence-corrected chi connectivity index (χ1v) is 9.92. The number of carbonyl (C=O) groups is 1. The van der Waals surface area contributed by atoms with Crippen LogP contribution in [0.4, 0.5) is 0 Å². The van der Waals surface area contributed by atoms with Crippen LogP contribution in [0, 0.1) is 13.8 Å². The maximum Gasteiger partial charge on any atom is 0.251 e. The lowest BCUT2D eigenvalue weighted by atomic mass is 10.1. The Balaban J connectivity index is 1.50. The predicted octanol–water partition coefficient (Wildman–Crippen LogP) is 3.80. The number of nitrogens with zero attached hydrogens (tertiary/aromatic N) is 3. The van der Waals surface area contributed by atoms with Gasteiger partial charge in [0.25, 0.3) is 5.91 Å². The van der Waals surface area contributed by atoms with Gasteiger partial charge < -0.3 is 9.73 Å². The Labute approximate surface area is 165 Å². The summed E-state index contributed by atoms with van der Waals surface area (Å²) >= 11 is 0. The zero-order valence-electron chi connectivity index (χ0n) is 16.4. The van der Waals surface area contributed by atoms with E-state index < -0.39 is 0 Å². The third kappa shape index (κ3) is 3.92. The van der Waals surface area contributed by atoms with Gasteiger partial charge in [-0.05, 0) is 70.1 Å². The molecule has 2 aromatic heterocycles. The topological polar surface area (TPSA) is 71.3 Å². The van der Waals surface area contributed by atoms with E-state index in [1.54, 1.807) is 6.26 Å². The number of benzene rings is 1. The van der Waals surface area contributed by atoms with Gasteiger partial charge in [0.05, 0.1) is 34.7 Å². The number of nitrogens with one attached hydrogen (secondary N) is 1. The molecule has 1 saturated heterocycles. The number of piperidine rings is 1. The van der Waals surface area contributed by atoms with Crippen LogP contribution in [-0.2, 0) is 0 Å². The van der Waals surface area contributed by atoms with Crippen LogP contribution in [0.25, 0.3) is 11.0 Å². The summed E-state index contributed by atoms with van der Waals surface area (Å²) in [7, 11) is 0. The fraction of sp³-hybridized carbons (Fsp3) is 0.409. The van der Waals surface area contributed by atoms with Crippen molar-refractivity contribution in [3.05, 3.63) is 59.3 Å². The first-order valence-electron chi connectivity index (χ1n) is 9.92. The largest absolute Gasteiger partial charge is 0.468 e. The van der Waals surface area contributed by atoms with Crippen LogP contribution in [0.15, 0.2) is 41.0 Å². The second-order valence-electron chi connectivity index (χ2n) is 7.44. The van der Waals surface area contributed by atoms with Gasteiger partial charge in [0.2, 0.25) is 0 Å². The van der Waals surface area contributed by atoms with Gasteiger partial charge in [0.1, 0.15) is 5.76 Å². The second-order valence-corrected chi connectivity index (χ2v) is 7.44. The molecular weight excluding hydrogens is 352 g/mol. The Kier molecular flexibility index (Phi) is 5.39. The lowest BCUT2D eigenvalue weighted by Crippen LogP contribution is -2.40. The van der Waals surface area contributed by atoms with Crippen LogP contribution < -0.4 is 5.32 Å². The van der Waals surface area contributed by atoms with Gasteiger partial charge in [0, 0.05) is 12.1 Å². The van der Waals surface area contributed by atoms with Crippen LogP contribution >= 0.6 is 0 Å². The number of rotatable bonds is 5. The number of hydrogen-bond acceptors (Lipinski definition) is 5. The van der Waals surface area contributed by atoms with Gasteiger partial charge in [-0.1, -0.05) is 6.42 Å². The summed E-state index contributed by atoms with van der Waals surface area (Å²) in [5.74, 6) is 0.799. The molecule has 1 aliphatic rings. The molecule has 0 saturated carbocycles. The highest BCUT2D eigenvalue weighted by Gasteiger charge is 2.25. The molecule has 1 aliphatic heterocycles. The van der Waals surface area contributed by atoms with E-state index in [1.165, 1.54) is 19.3 Å². The van der Waals surface area contributed by atoms with Crippen LogP contribution in [-0.4, -0.2) is 40.4 Å². The van der Waals surface area contributed by atoms with Crippen LogP contribution in [0.2, 0.25) is 0 Å². The fourth-order valence-electron chi connectivity index (χ4n) is 3.78. The molecule has 6 heteroatoms. The minimum atomic E-state index is -0.101. The van der Waals surface area contributed by atoms with E-state index in [4.69, 9.17) is 4.42 Å². The number of aromatic nitrogens is 2. The number of fused-ring (bicyclic) bond motifs is 1. The lowest BCUT2D eigenvalue weighted by molar-refractivity contribution is 0.0914. The number of hydrogen-bond donors (Lipinski definition) is 1. The van der Waals surface area contributed by atoms with Crippen molar-refractivity contribution in [1.29, 1.82) is 0 Å². The van der Waals surface area contributed by atoms with E-state index in [-0.39, 0.29) is 11.9 Å². The number of aryl methyl sites for hydroxylation is 2. The zero-order valence-corrected chi connectivity index (χ0v) is 16.4. The molecule has 1 fully saturated rings. The summed E-state index contributed by atoms with van der Waals surface area (Å²) in [5.41, 5.74) is 3.94. The van der Waals surface area contributed by atoms with E-state index >= 15 is 0 Å². The molecule has 1 N–H and O–H groups in total. The van der Waals surface area contributed by atoms with Gasteiger partial charge >= 0.3 is 0 Å². The highest BCUT2D eigenvalue weighted by atomic mass is 16.3. The highest BCUT2D eigenvalue weighted by Crippen LogP contribution is 2.24. The quantitative estimate of drug-likeness (QED) is 0.731. The molecule has 0 spiro atoms. The van der Waals surface area contributed by atoms with Gasteiger partial charge in [0.15, 0.2) is 0 Å². The summed E-state index contributed by atoms with van der Waals surface area (Å²) in [6.07, 6.45) is 5.34. The Morgan fingerprint density at radius 1 is 1.11 bits per heavy atom. The molecule has 0 bridgehead atoms. The van der Waals surface area contributed by atoms with Crippen molar-refractivity contribution in [3.8, 4) is 0 Å². The summed E-state index contributed by atoms with van der Waals surface area (Å²) in [4.78, 5) is 24.3. The third-order valence-corrected chi connectivity index (χ3v) is 5.50. The maximum atomic E-state index is 12.8. The zero-order chi connectivity index (χ0) is 19.5. The normalized spacial score (nSPS) is 16.2. The van der Waals surface area contributed by atoms with Gasteiger partial charge in [-0.2, -0.15) is 0 Å². The number of furan rings is 1. The second kappa shape index (κ2) is 8.10. The average Bonchev–Trinajstić information content (AvgIpc) is 3.24. The molecule has 28 heavy (non-hydrogen) atoms. The minimum Gasteiger partial charge on any atom is -0.468 e. The van der Waals surface area contributed by atoms with Crippen molar-refractivity contribution >= 4 is 16.9 Å². The van der Waals surface area contributed by atoms with Crippen LogP contribution in [0.3, 0.4) is 0 Å². The molecule has 0 radical (unpaired) electrons. The molecule has 3 aromatic rings. The molecule has 3 heterocycles. The van der Waals surface area contributed by atoms with E-state index in [1.807, 2.05) is 44.2 Å². The van der Waals surface area contributed by atoms with Gasteiger partial charge in [-0.3, -0.25) is 9.69 Å². The van der Waals surface area contributed by atoms with Crippen molar-refractivity contribution in [2.75, 3.05) is 19.6 Å². The molecule has 1 atom stereocenters. The molecule has 0 aliphatic carbocycles. The molecule has 4 rings (SSSR count). The SMILES string of the molecule is Cc1nc2ccc(C(=O)NC[C@@H](c3ccco3)N3CCCCC3)cc2nc1C. The van der Waals surface area contributed by atoms with Crippen LogP contribution in [0.1, 0.15) is 52.8 Å². The van der Waals surface area contributed by atoms with E-state index in [0.717, 1.165) is 41.3 Å². The fourth-order valence-corrected chi connectivity index (χ4v) is 3.78. The van der Waals surface area contributed by atoms with Crippen molar-refractivity contribution in [2.45, 2.75) is 39.2 Å². The first-order chi connectivity index (χ1) is 13.6. The standard InChI is InChI=1S/C22H26N4O2/c1-15-16(2)25-19-13-17(8-9-18(19)24-15)22(27)23-14-20(21-7-6-12-28-21)26-10-4-3-5-11-26/h6-9,12-13,20H,3-5,10-11,14H2,1-2H3,(H,23,27)/t20-/m0/s1.